The van der Waals surface area contributed by atoms with Crippen molar-refractivity contribution in [2.75, 3.05) is 26.2 Å². The van der Waals surface area contributed by atoms with Crippen LogP contribution in [0.2, 0.25) is 0 Å². The summed E-state index contributed by atoms with van der Waals surface area (Å²) >= 11 is 0. The van der Waals surface area contributed by atoms with Gasteiger partial charge in [0.25, 0.3) is 5.91 Å². The molecule has 196 valence electrons. The van der Waals surface area contributed by atoms with Gasteiger partial charge in [0.15, 0.2) is 0 Å². The maximum absolute atomic E-state index is 13.3. The van der Waals surface area contributed by atoms with Crippen molar-refractivity contribution in [3.63, 3.8) is 0 Å². The van der Waals surface area contributed by atoms with Gasteiger partial charge in [0.2, 0.25) is 5.91 Å². The molecule has 3 aromatic rings. The predicted molar refractivity (Wildman–Crippen MR) is 152 cm³/mol. The highest BCUT2D eigenvalue weighted by Gasteiger charge is 2.39. The number of hydrogen-bond acceptors (Lipinski definition) is 4. The van der Waals surface area contributed by atoms with Gasteiger partial charge in [-0.15, -0.1) is 0 Å². The van der Waals surface area contributed by atoms with Crippen LogP contribution >= 0.6 is 0 Å². The molecular formula is C33H32N4O2. The third-order valence-corrected chi connectivity index (χ3v) is 8.73. The SMILES string of the molecule is C=C1NN=C2c3c(cccc31)CC(c1ccc(C(=O)N3CCN(C(=O)C4CC4)CC3)cc1)C2c1ccccc1. The van der Waals surface area contributed by atoms with Gasteiger partial charge in [0.1, 0.15) is 0 Å². The maximum atomic E-state index is 13.3. The number of carbonyl (C=O) groups is 2. The number of rotatable bonds is 4. The van der Waals surface area contributed by atoms with E-state index >= 15 is 0 Å². The monoisotopic (exact) mass is 516 g/mol. The van der Waals surface area contributed by atoms with Crippen LogP contribution < -0.4 is 5.43 Å². The van der Waals surface area contributed by atoms with E-state index < -0.39 is 0 Å². The molecular weight excluding hydrogens is 484 g/mol. The lowest BCUT2D eigenvalue weighted by molar-refractivity contribution is -0.134. The number of hydrazone groups is 1. The molecule has 6 heteroatoms. The zero-order chi connectivity index (χ0) is 26.5. The summed E-state index contributed by atoms with van der Waals surface area (Å²) in [5, 5.41) is 4.83. The first-order valence-corrected chi connectivity index (χ1v) is 14.0. The zero-order valence-electron chi connectivity index (χ0n) is 22.0. The van der Waals surface area contributed by atoms with E-state index in [1.807, 2.05) is 28.0 Å². The third-order valence-electron chi connectivity index (χ3n) is 8.73. The molecule has 2 atom stereocenters. The zero-order valence-corrected chi connectivity index (χ0v) is 22.0. The molecule has 2 unspecified atom stereocenters. The van der Waals surface area contributed by atoms with Crippen LogP contribution in [0, 0.1) is 5.92 Å². The Morgan fingerprint density at radius 3 is 2.26 bits per heavy atom. The Labute approximate surface area is 229 Å². The Morgan fingerprint density at radius 2 is 1.54 bits per heavy atom. The Morgan fingerprint density at radius 1 is 0.821 bits per heavy atom. The Kier molecular flexibility index (Phi) is 5.84. The number of benzene rings is 3. The molecule has 1 saturated carbocycles. The lowest BCUT2D eigenvalue weighted by atomic mass is 9.67. The summed E-state index contributed by atoms with van der Waals surface area (Å²) in [5.74, 6) is 0.801. The summed E-state index contributed by atoms with van der Waals surface area (Å²) < 4.78 is 0. The Hall–Kier alpha value is -4.19. The van der Waals surface area contributed by atoms with Crippen molar-refractivity contribution in [2.45, 2.75) is 31.1 Å². The lowest BCUT2D eigenvalue weighted by Gasteiger charge is -2.38. The number of nitrogens with one attached hydrogen (secondary N) is 1. The van der Waals surface area contributed by atoms with Gasteiger partial charge in [0, 0.05) is 60.6 Å². The van der Waals surface area contributed by atoms with E-state index in [0.717, 1.165) is 36.2 Å². The average Bonchev–Trinajstić information content (AvgIpc) is 3.84. The topological polar surface area (TPSA) is 65.0 Å². The molecule has 2 amide bonds. The fourth-order valence-electron chi connectivity index (χ4n) is 6.47. The summed E-state index contributed by atoms with van der Waals surface area (Å²) in [6.45, 7) is 6.62. The van der Waals surface area contributed by atoms with Gasteiger partial charge >= 0.3 is 0 Å². The van der Waals surface area contributed by atoms with E-state index in [0.29, 0.717) is 31.7 Å². The van der Waals surface area contributed by atoms with Crippen LogP contribution in [0.25, 0.3) is 5.70 Å². The number of piperazine rings is 1. The molecule has 2 aliphatic carbocycles. The fraction of sp³-hybridized carbons (Fsp3) is 0.303. The molecule has 0 radical (unpaired) electrons. The summed E-state index contributed by atoms with van der Waals surface area (Å²) in [6, 6.07) is 25.2. The van der Waals surface area contributed by atoms with Crippen LogP contribution in [0.5, 0.6) is 0 Å². The summed E-state index contributed by atoms with van der Waals surface area (Å²) in [4.78, 5) is 29.5. The van der Waals surface area contributed by atoms with Crippen molar-refractivity contribution >= 4 is 23.2 Å². The molecule has 0 aromatic heterocycles. The smallest absolute Gasteiger partial charge is 0.253 e. The van der Waals surface area contributed by atoms with E-state index in [-0.39, 0.29) is 29.6 Å². The van der Waals surface area contributed by atoms with Crippen molar-refractivity contribution in [3.05, 3.63) is 113 Å². The second-order valence-electron chi connectivity index (χ2n) is 11.1. The standard InChI is InChI=1S/C33H32N4O2/c1-21-27-9-5-8-26-20-28(29(23-6-3-2-4-7-23)31(30(26)27)35-34-21)22-10-12-24(13-11-22)32(38)36-16-18-37(19-17-36)33(39)25-14-15-25/h2-13,25,28-29,34H,1,14-20H2. The van der Waals surface area contributed by atoms with E-state index in [1.54, 1.807) is 0 Å². The van der Waals surface area contributed by atoms with E-state index in [4.69, 9.17) is 5.10 Å². The van der Waals surface area contributed by atoms with Gasteiger partial charge in [-0.3, -0.25) is 15.0 Å². The summed E-state index contributed by atoms with van der Waals surface area (Å²) in [5.41, 5.74) is 11.8. The van der Waals surface area contributed by atoms with Gasteiger partial charge in [-0.1, -0.05) is 67.2 Å². The first-order valence-electron chi connectivity index (χ1n) is 14.0. The number of hydrogen-bond donors (Lipinski definition) is 1. The molecule has 1 N–H and O–H groups in total. The second-order valence-corrected chi connectivity index (χ2v) is 11.1. The summed E-state index contributed by atoms with van der Waals surface area (Å²) in [7, 11) is 0. The molecule has 0 spiro atoms. The van der Waals surface area contributed by atoms with Crippen molar-refractivity contribution in [3.8, 4) is 0 Å². The van der Waals surface area contributed by atoms with Gasteiger partial charge in [0.05, 0.1) is 11.4 Å². The third kappa shape index (κ3) is 4.24. The van der Waals surface area contributed by atoms with Crippen LogP contribution in [-0.2, 0) is 11.2 Å². The average molecular weight is 517 g/mol. The molecule has 1 saturated heterocycles. The van der Waals surface area contributed by atoms with Crippen LogP contribution in [0.3, 0.4) is 0 Å². The van der Waals surface area contributed by atoms with Gasteiger partial charge in [-0.25, -0.2) is 0 Å². The number of amides is 2. The van der Waals surface area contributed by atoms with Crippen LogP contribution in [0.4, 0.5) is 0 Å². The molecule has 2 fully saturated rings. The molecule has 2 aliphatic heterocycles. The minimum atomic E-state index is 0.0395. The van der Waals surface area contributed by atoms with Crippen LogP contribution in [0.1, 0.15) is 62.9 Å². The molecule has 4 aliphatic rings. The molecule has 2 heterocycles. The van der Waals surface area contributed by atoms with Crippen molar-refractivity contribution in [1.29, 1.82) is 0 Å². The largest absolute Gasteiger partial charge is 0.339 e. The normalized spacial score (nSPS) is 22.1. The summed E-state index contributed by atoms with van der Waals surface area (Å²) in [6.07, 6.45) is 2.92. The second kappa shape index (κ2) is 9.53. The number of carbonyl (C=O) groups excluding carboxylic acids is 2. The van der Waals surface area contributed by atoms with Gasteiger partial charge in [-0.05, 0) is 48.1 Å². The molecule has 0 bridgehead atoms. The Balaban J connectivity index is 1.16. The highest BCUT2D eigenvalue weighted by Crippen LogP contribution is 2.46. The molecule has 7 rings (SSSR count). The fourth-order valence-corrected chi connectivity index (χ4v) is 6.47. The molecule has 39 heavy (non-hydrogen) atoms. The quantitative estimate of drug-likeness (QED) is 0.543. The van der Waals surface area contributed by atoms with Crippen molar-refractivity contribution < 1.29 is 9.59 Å². The lowest BCUT2D eigenvalue weighted by Crippen LogP contribution is -2.51. The van der Waals surface area contributed by atoms with E-state index in [2.05, 4.69) is 66.6 Å². The first-order chi connectivity index (χ1) is 19.1. The maximum Gasteiger partial charge on any atom is 0.253 e. The van der Waals surface area contributed by atoms with Crippen molar-refractivity contribution in [1.82, 2.24) is 15.2 Å². The van der Waals surface area contributed by atoms with E-state index in [9.17, 15) is 9.59 Å². The first kappa shape index (κ1) is 23.9. The van der Waals surface area contributed by atoms with E-state index in [1.165, 1.54) is 22.3 Å². The minimum Gasteiger partial charge on any atom is -0.339 e. The van der Waals surface area contributed by atoms with Gasteiger partial charge < -0.3 is 9.80 Å². The highest BCUT2D eigenvalue weighted by atomic mass is 16.2. The molecule has 3 aromatic carbocycles. The van der Waals surface area contributed by atoms with Crippen molar-refractivity contribution in [2.24, 2.45) is 11.0 Å². The van der Waals surface area contributed by atoms with Crippen LogP contribution in [-0.4, -0.2) is 53.5 Å². The molecule has 6 nitrogen and oxygen atoms in total. The minimum absolute atomic E-state index is 0.0395. The predicted octanol–water partition coefficient (Wildman–Crippen LogP) is 4.78. The Bertz CT molecular complexity index is 1480. The van der Waals surface area contributed by atoms with Crippen LogP contribution in [0.15, 0.2) is 84.5 Å². The van der Waals surface area contributed by atoms with Gasteiger partial charge in [-0.2, -0.15) is 5.10 Å². The highest BCUT2D eigenvalue weighted by molar-refractivity contribution is 6.12. The number of nitrogens with zero attached hydrogens (tertiary/aromatic N) is 3.